The molecule has 2 atom stereocenters. The Morgan fingerprint density at radius 2 is 1.44 bits per heavy atom. The second-order valence-electron chi connectivity index (χ2n) is 8.92. The third-order valence-corrected chi connectivity index (χ3v) is 4.16. The monoisotopic (exact) mass is 367 g/mol. The van der Waals surface area contributed by atoms with Crippen molar-refractivity contribution in [1.82, 2.24) is 0 Å². The van der Waals surface area contributed by atoms with Crippen molar-refractivity contribution in [3.63, 3.8) is 0 Å². The topological polar surface area (TPSA) is 38.5 Å². The highest BCUT2D eigenvalue weighted by atomic mass is 16.6. The maximum absolute atomic E-state index is 12.9. The molecule has 1 fully saturated rings. The Hall–Kier alpha value is -2.49. The quantitative estimate of drug-likeness (QED) is 0.554. The zero-order valence-corrected chi connectivity index (χ0v) is 17.0. The summed E-state index contributed by atoms with van der Waals surface area (Å²) < 4.78 is 11.8. The summed E-state index contributed by atoms with van der Waals surface area (Å²) >= 11 is 0. The zero-order valence-electron chi connectivity index (χ0n) is 17.0. The summed E-state index contributed by atoms with van der Waals surface area (Å²) in [6.07, 6.45) is 0. The molecule has 0 aromatic heterocycles. The number of carbonyl (C=O) groups excluding carboxylic acids is 1. The highest BCUT2D eigenvalue weighted by Crippen LogP contribution is 2.51. The van der Waals surface area contributed by atoms with Crippen molar-refractivity contribution in [1.29, 1.82) is 0 Å². The Balaban J connectivity index is 1.96. The van der Waals surface area contributed by atoms with E-state index in [1.54, 1.807) is 0 Å². The van der Waals surface area contributed by atoms with Gasteiger partial charge in [0.1, 0.15) is 17.0 Å². The van der Waals surface area contributed by atoms with Gasteiger partial charge in [-0.1, -0.05) is 42.5 Å². The molecule has 2 aromatic rings. The second kappa shape index (κ2) is 6.91. The lowest BCUT2D eigenvalue weighted by atomic mass is 10.1. The van der Waals surface area contributed by atoms with Crippen LogP contribution in [-0.2, 0) is 9.53 Å². The maximum atomic E-state index is 12.9. The van der Waals surface area contributed by atoms with Crippen LogP contribution in [0.3, 0.4) is 0 Å². The molecule has 1 aliphatic rings. The van der Waals surface area contributed by atoms with Crippen molar-refractivity contribution >= 4 is 11.7 Å². The first kappa shape index (κ1) is 19.3. The normalized spacial score (nSPS) is 19.6. The third-order valence-electron chi connectivity index (χ3n) is 4.16. The van der Waals surface area contributed by atoms with Gasteiger partial charge in [-0.3, -0.25) is 0 Å². The smallest absolute Gasteiger partial charge is 0.331 e. The molecular weight excluding hydrogens is 338 g/mol. The molecule has 2 aromatic carbocycles. The van der Waals surface area contributed by atoms with Crippen LogP contribution in [0.1, 0.15) is 53.1 Å². The summed E-state index contributed by atoms with van der Waals surface area (Å²) in [5, 5.41) is 0. The largest absolute Gasteiger partial charge is 0.486 e. The van der Waals surface area contributed by atoms with E-state index < -0.39 is 5.60 Å². The van der Waals surface area contributed by atoms with Gasteiger partial charge in [-0.2, -0.15) is 0 Å². The number of nitrogens with zero attached hydrogens (tertiary/aromatic N) is 1. The van der Waals surface area contributed by atoms with Gasteiger partial charge in [0.2, 0.25) is 0 Å². The van der Waals surface area contributed by atoms with E-state index in [0.717, 1.165) is 17.0 Å². The van der Waals surface area contributed by atoms with Crippen molar-refractivity contribution in [2.75, 3.05) is 4.90 Å². The fourth-order valence-corrected chi connectivity index (χ4v) is 3.22. The van der Waals surface area contributed by atoms with Crippen molar-refractivity contribution in [3.8, 4) is 5.75 Å². The minimum Gasteiger partial charge on any atom is -0.486 e. The predicted octanol–water partition coefficient (Wildman–Crippen LogP) is 5.14. The Morgan fingerprint density at radius 1 is 0.852 bits per heavy atom. The predicted molar refractivity (Wildman–Crippen MR) is 108 cm³/mol. The third kappa shape index (κ3) is 4.62. The lowest BCUT2D eigenvalue weighted by molar-refractivity contribution is -0.154. The van der Waals surface area contributed by atoms with Crippen LogP contribution in [-0.4, -0.2) is 23.2 Å². The number of anilines is 1. The molecule has 0 unspecified atom stereocenters. The second-order valence-corrected chi connectivity index (χ2v) is 8.92. The first-order valence-corrected chi connectivity index (χ1v) is 9.41. The molecule has 0 N–H and O–H groups in total. The van der Waals surface area contributed by atoms with Crippen molar-refractivity contribution in [2.24, 2.45) is 0 Å². The molecule has 144 valence electrons. The van der Waals surface area contributed by atoms with E-state index in [4.69, 9.17) is 9.47 Å². The van der Waals surface area contributed by atoms with Gasteiger partial charge in [0.15, 0.2) is 6.04 Å². The van der Waals surface area contributed by atoms with E-state index in [1.807, 2.05) is 84.0 Å². The summed E-state index contributed by atoms with van der Waals surface area (Å²) in [4.78, 5) is 15.0. The van der Waals surface area contributed by atoms with Gasteiger partial charge in [-0.05, 0) is 59.2 Å². The average molecular weight is 367 g/mol. The summed E-state index contributed by atoms with van der Waals surface area (Å²) in [5.74, 6) is 0.568. The molecule has 1 saturated heterocycles. The van der Waals surface area contributed by atoms with Gasteiger partial charge < -0.3 is 14.4 Å². The van der Waals surface area contributed by atoms with Crippen LogP contribution in [0.4, 0.5) is 5.69 Å². The maximum Gasteiger partial charge on any atom is 0.331 e. The highest BCUT2D eigenvalue weighted by Gasteiger charge is 2.56. The summed E-state index contributed by atoms with van der Waals surface area (Å²) in [7, 11) is 0. The molecule has 27 heavy (non-hydrogen) atoms. The van der Waals surface area contributed by atoms with Gasteiger partial charge in [0, 0.05) is 0 Å². The SMILES string of the molecule is CC(C)(C)OC(=O)[C@H]1[C@@H](c2ccccc2)N1c1ccccc1OC(C)(C)C. The standard InChI is InChI=1S/C23H29NO3/c1-22(2,3)26-18-15-11-10-14-17(18)24-19(16-12-8-7-9-13-16)20(24)21(25)27-23(4,5)6/h7-15,19-20H,1-6H3/t19-,20-,24?/m1/s1. The number of rotatable bonds is 4. The number of hydrogen-bond acceptors (Lipinski definition) is 4. The van der Waals surface area contributed by atoms with Gasteiger partial charge in [0.25, 0.3) is 0 Å². The Bertz CT molecular complexity index is 802. The van der Waals surface area contributed by atoms with E-state index in [0.29, 0.717) is 0 Å². The van der Waals surface area contributed by atoms with Crippen LogP contribution in [0.25, 0.3) is 0 Å². The molecule has 0 amide bonds. The Kier molecular flexibility index (Phi) is 4.94. The lowest BCUT2D eigenvalue weighted by Gasteiger charge is -2.24. The van der Waals surface area contributed by atoms with E-state index in [-0.39, 0.29) is 23.7 Å². The molecule has 1 heterocycles. The number of esters is 1. The summed E-state index contributed by atoms with van der Waals surface area (Å²) in [5.41, 5.74) is 1.17. The molecule has 3 rings (SSSR count). The molecule has 0 radical (unpaired) electrons. The van der Waals surface area contributed by atoms with E-state index in [9.17, 15) is 4.79 Å². The van der Waals surface area contributed by atoms with Gasteiger partial charge in [-0.15, -0.1) is 0 Å². The Labute approximate surface area is 162 Å². The molecule has 1 aliphatic heterocycles. The molecule has 0 saturated carbocycles. The fraction of sp³-hybridized carbons (Fsp3) is 0.435. The molecule has 4 heteroatoms. The summed E-state index contributed by atoms with van der Waals surface area (Å²) in [6, 6.07) is 17.5. The molecular formula is C23H29NO3. The number of ether oxygens (including phenoxy) is 2. The van der Waals surface area contributed by atoms with Crippen molar-refractivity contribution in [2.45, 2.75) is 64.8 Å². The van der Waals surface area contributed by atoms with Crippen LogP contribution in [0.15, 0.2) is 54.6 Å². The van der Waals surface area contributed by atoms with Crippen molar-refractivity contribution in [3.05, 3.63) is 60.2 Å². The number of benzene rings is 2. The van der Waals surface area contributed by atoms with Gasteiger partial charge >= 0.3 is 5.97 Å². The van der Waals surface area contributed by atoms with Crippen LogP contribution in [0.2, 0.25) is 0 Å². The number of para-hydroxylation sites is 2. The molecule has 0 bridgehead atoms. The summed E-state index contributed by atoms with van der Waals surface area (Å²) in [6.45, 7) is 11.7. The molecule has 0 spiro atoms. The van der Waals surface area contributed by atoms with E-state index in [2.05, 4.69) is 17.0 Å². The van der Waals surface area contributed by atoms with Gasteiger partial charge in [-0.25, -0.2) is 4.79 Å². The van der Waals surface area contributed by atoms with Crippen LogP contribution in [0, 0.1) is 0 Å². The molecule has 4 nitrogen and oxygen atoms in total. The van der Waals surface area contributed by atoms with Crippen LogP contribution in [0.5, 0.6) is 5.75 Å². The first-order valence-electron chi connectivity index (χ1n) is 9.41. The van der Waals surface area contributed by atoms with E-state index >= 15 is 0 Å². The minimum absolute atomic E-state index is 0.0502. The van der Waals surface area contributed by atoms with Crippen LogP contribution >= 0.6 is 0 Å². The average Bonchev–Trinajstić information content (AvgIpc) is 3.28. The zero-order chi connectivity index (χ0) is 19.8. The van der Waals surface area contributed by atoms with Crippen molar-refractivity contribution < 1.29 is 14.3 Å². The van der Waals surface area contributed by atoms with Crippen LogP contribution < -0.4 is 9.64 Å². The highest BCUT2D eigenvalue weighted by molar-refractivity contribution is 5.90. The Morgan fingerprint density at radius 3 is 2.04 bits per heavy atom. The van der Waals surface area contributed by atoms with Gasteiger partial charge in [0.05, 0.1) is 11.7 Å². The lowest BCUT2D eigenvalue weighted by Crippen LogP contribution is -2.28. The first-order chi connectivity index (χ1) is 12.6. The number of carbonyl (C=O) groups is 1. The fourth-order valence-electron chi connectivity index (χ4n) is 3.22. The minimum atomic E-state index is -0.520. The number of hydrogen-bond donors (Lipinski definition) is 0. The molecule has 0 aliphatic carbocycles. The van der Waals surface area contributed by atoms with E-state index in [1.165, 1.54) is 0 Å².